The van der Waals surface area contributed by atoms with Crippen LogP contribution in [-0.2, 0) is 6.42 Å². The molecule has 0 spiro atoms. The molecule has 0 atom stereocenters. The summed E-state index contributed by atoms with van der Waals surface area (Å²) in [5, 5.41) is 0. The number of pyridine rings is 1. The highest BCUT2D eigenvalue weighted by molar-refractivity contribution is 5.14. The number of aryl methyl sites for hydroxylation is 2. The monoisotopic (exact) mass is 167 g/mol. The summed E-state index contributed by atoms with van der Waals surface area (Å²) in [7, 11) is 0. The van der Waals surface area contributed by atoms with E-state index in [9.17, 15) is 4.39 Å². The summed E-state index contributed by atoms with van der Waals surface area (Å²) >= 11 is 0. The minimum Gasteiger partial charge on any atom is -0.225 e. The number of halogens is 1. The molecular formula is C10H14FN. The molecular weight excluding hydrogens is 153 g/mol. The van der Waals surface area contributed by atoms with Crippen molar-refractivity contribution in [2.75, 3.05) is 0 Å². The van der Waals surface area contributed by atoms with E-state index in [1.54, 1.807) is 6.92 Å². The fourth-order valence-corrected chi connectivity index (χ4v) is 1.11. The summed E-state index contributed by atoms with van der Waals surface area (Å²) in [6.45, 7) is 3.90. The molecule has 1 aromatic rings. The van der Waals surface area contributed by atoms with Gasteiger partial charge in [-0.15, -0.1) is 0 Å². The van der Waals surface area contributed by atoms with Gasteiger partial charge in [-0.25, -0.2) is 4.98 Å². The normalized spacial score (nSPS) is 10.2. The van der Waals surface area contributed by atoms with Crippen molar-refractivity contribution in [2.24, 2.45) is 0 Å². The van der Waals surface area contributed by atoms with Crippen molar-refractivity contribution in [1.29, 1.82) is 0 Å². The molecule has 0 radical (unpaired) electrons. The van der Waals surface area contributed by atoms with Gasteiger partial charge in [-0.05, 0) is 25.8 Å². The van der Waals surface area contributed by atoms with Crippen LogP contribution in [0.4, 0.5) is 4.39 Å². The Morgan fingerprint density at radius 3 is 2.75 bits per heavy atom. The van der Waals surface area contributed by atoms with Crippen LogP contribution >= 0.6 is 0 Å². The molecule has 1 rings (SSSR count). The fourth-order valence-electron chi connectivity index (χ4n) is 1.11. The molecule has 66 valence electrons. The van der Waals surface area contributed by atoms with E-state index in [-0.39, 0.29) is 5.95 Å². The predicted octanol–water partition coefficient (Wildman–Crippen LogP) is 2.87. The third-order valence-electron chi connectivity index (χ3n) is 1.86. The number of hydrogen-bond acceptors (Lipinski definition) is 1. The van der Waals surface area contributed by atoms with Crippen LogP contribution in [0.5, 0.6) is 0 Å². The van der Waals surface area contributed by atoms with E-state index in [0.29, 0.717) is 0 Å². The van der Waals surface area contributed by atoms with Crippen LogP contribution in [0.2, 0.25) is 0 Å². The molecule has 0 saturated heterocycles. The molecule has 2 heteroatoms. The maximum atomic E-state index is 13.1. The standard InChI is InChI=1S/C10H14FN/c1-3-4-5-9-7-6-8(2)12-10(9)11/h6-7H,3-5H2,1-2H3. The Bertz CT molecular complexity index is 258. The number of unbranched alkanes of at least 4 members (excludes halogenated alkanes) is 1. The van der Waals surface area contributed by atoms with Crippen molar-refractivity contribution in [3.63, 3.8) is 0 Å². The Labute approximate surface area is 72.6 Å². The van der Waals surface area contributed by atoms with Crippen molar-refractivity contribution < 1.29 is 4.39 Å². The molecule has 1 aromatic heterocycles. The molecule has 0 unspecified atom stereocenters. The van der Waals surface area contributed by atoms with Gasteiger partial charge in [0.1, 0.15) is 0 Å². The molecule has 0 bridgehead atoms. The van der Waals surface area contributed by atoms with Gasteiger partial charge in [0.05, 0.1) is 0 Å². The van der Waals surface area contributed by atoms with Crippen LogP contribution in [-0.4, -0.2) is 4.98 Å². The van der Waals surface area contributed by atoms with Gasteiger partial charge in [-0.3, -0.25) is 0 Å². The van der Waals surface area contributed by atoms with Gasteiger partial charge in [0.25, 0.3) is 0 Å². The average Bonchev–Trinajstić information content (AvgIpc) is 2.03. The van der Waals surface area contributed by atoms with Crippen LogP contribution in [0.1, 0.15) is 31.0 Å². The Hall–Kier alpha value is -0.920. The third-order valence-corrected chi connectivity index (χ3v) is 1.86. The summed E-state index contributed by atoms with van der Waals surface area (Å²) in [5.74, 6) is -0.302. The van der Waals surface area contributed by atoms with Gasteiger partial charge in [0.15, 0.2) is 0 Å². The van der Waals surface area contributed by atoms with E-state index >= 15 is 0 Å². The van der Waals surface area contributed by atoms with Crippen molar-refractivity contribution in [2.45, 2.75) is 33.1 Å². The van der Waals surface area contributed by atoms with Gasteiger partial charge in [0, 0.05) is 11.3 Å². The second kappa shape index (κ2) is 4.19. The van der Waals surface area contributed by atoms with Crippen molar-refractivity contribution in [1.82, 2.24) is 4.98 Å². The fraction of sp³-hybridized carbons (Fsp3) is 0.500. The SMILES string of the molecule is CCCCc1ccc(C)nc1F. The molecule has 0 N–H and O–H groups in total. The van der Waals surface area contributed by atoms with Gasteiger partial charge < -0.3 is 0 Å². The Morgan fingerprint density at radius 2 is 2.17 bits per heavy atom. The van der Waals surface area contributed by atoms with E-state index in [1.807, 2.05) is 12.1 Å². The number of nitrogens with zero attached hydrogens (tertiary/aromatic N) is 1. The maximum absolute atomic E-state index is 13.1. The lowest BCUT2D eigenvalue weighted by molar-refractivity contribution is 0.558. The van der Waals surface area contributed by atoms with Gasteiger partial charge in [0.2, 0.25) is 5.95 Å². The Balaban J connectivity index is 2.72. The molecule has 0 aliphatic heterocycles. The first-order chi connectivity index (χ1) is 5.74. The molecule has 0 aromatic carbocycles. The number of aromatic nitrogens is 1. The average molecular weight is 167 g/mol. The topological polar surface area (TPSA) is 12.9 Å². The smallest absolute Gasteiger partial charge is 0.216 e. The Kier molecular flexibility index (Phi) is 3.20. The zero-order chi connectivity index (χ0) is 8.97. The first-order valence-corrected chi connectivity index (χ1v) is 4.36. The highest BCUT2D eigenvalue weighted by Gasteiger charge is 2.01. The van der Waals surface area contributed by atoms with Gasteiger partial charge >= 0.3 is 0 Å². The van der Waals surface area contributed by atoms with Crippen LogP contribution in [0.15, 0.2) is 12.1 Å². The molecule has 0 aliphatic rings. The van der Waals surface area contributed by atoms with Gasteiger partial charge in [-0.2, -0.15) is 4.39 Å². The molecule has 1 nitrogen and oxygen atoms in total. The van der Waals surface area contributed by atoms with Crippen LogP contribution in [0, 0.1) is 12.9 Å². The molecule has 0 saturated carbocycles. The molecule has 0 amide bonds. The molecule has 12 heavy (non-hydrogen) atoms. The molecule has 1 heterocycles. The van der Waals surface area contributed by atoms with Crippen LogP contribution < -0.4 is 0 Å². The highest BCUT2D eigenvalue weighted by Crippen LogP contribution is 2.09. The van der Waals surface area contributed by atoms with Crippen LogP contribution in [0.3, 0.4) is 0 Å². The van der Waals surface area contributed by atoms with Crippen molar-refractivity contribution in [3.8, 4) is 0 Å². The van der Waals surface area contributed by atoms with Crippen molar-refractivity contribution >= 4 is 0 Å². The predicted molar refractivity (Wildman–Crippen MR) is 47.5 cm³/mol. The zero-order valence-corrected chi connectivity index (χ0v) is 7.60. The summed E-state index contributed by atoms with van der Waals surface area (Å²) in [5.41, 5.74) is 1.48. The summed E-state index contributed by atoms with van der Waals surface area (Å²) in [6.07, 6.45) is 2.92. The third kappa shape index (κ3) is 2.29. The largest absolute Gasteiger partial charge is 0.225 e. The lowest BCUT2D eigenvalue weighted by Gasteiger charge is -2.01. The maximum Gasteiger partial charge on any atom is 0.216 e. The first kappa shape index (κ1) is 9.17. The first-order valence-electron chi connectivity index (χ1n) is 4.36. The van der Waals surface area contributed by atoms with Crippen molar-refractivity contribution in [3.05, 3.63) is 29.3 Å². The number of rotatable bonds is 3. The van der Waals surface area contributed by atoms with Crippen LogP contribution in [0.25, 0.3) is 0 Å². The quantitative estimate of drug-likeness (QED) is 0.631. The minimum absolute atomic E-state index is 0.302. The van der Waals surface area contributed by atoms with E-state index in [4.69, 9.17) is 0 Å². The lowest BCUT2D eigenvalue weighted by atomic mass is 10.1. The minimum atomic E-state index is -0.302. The van der Waals surface area contributed by atoms with E-state index in [2.05, 4.69) is 11.9 Å². The lowest BCUT2D eigenvalue weighted by Crippen LogP contribution is -1.95. The summed E-state index contributed by atoms with van der Waals surface area (Å²) < 4.78 is 13.1. The highest BCUT2D eigenvalue weighted by atomic mass is 19.1. The summed E-state index contributed by atoms with van der Waals surface area (Å²) in [4.78, 5) is 3.76. The second-order valence-corrected chi connectivity index (χ2v) is 3.01. The Morgan fingerprint density at radius 1 is 1.42 bits per heavy atom. The van der Waals surface area contributed by atoms with E-state index < -0.39 is 0 Å². The summed E-state index contributed by atoms with van der Waals surface area (Å²) in [6, 6.07) is 3.68. The zero-order valence-electron chi connectivity index (χ0n) is 7.60. The second-order valence-electron chi connectivity index (χ2n) is 3.01. The van der Waals surface area contributed by atoms with E-state index in [1.165, 1.54) is 0 Å². The molecule has 0 aliphatic carbocycles. The number of hydrogen-bond donors (Lipinski definition) is 0. The van der Waals surface area contributed by atoms with E-state index in [0.717, 1.165) is 30.5 Å². The molecule has 0 fully saturated rings. The van der Waals surface area contributed by atoms with Gasteiger partial charge in [-0.1, -0.05) is 19.4 Å².